The van der Waals surface area contributed by atoms with Crippen LogP contribution in [0, 0.1) is 22.7 Å². The van der Waals surface area contributed by atoms with Crippen LogP contribution in [0.4, 0.5) is 0 Å². The van der Waals surface area contributed by atoms with E-state index >= 15 is 0 Å². The SMILES string of the molecule is COC(=O)c1cc(CCC#N)ccc1C#N. The molecule has 1 aromatic rings. The van der Waals surface area contributed by atoms with E-state index in [1.165, 1.54) is 7.11 Å². The molecule has 1 rings (SSSR count). The number of methoxy groups -OCH3 is 1. The summed E-state index contributed by atoms with van der Waals surface area (Å²) in [5.74, 6) is -0.532. The highest BCUT2D eigenvalue weighted by molar-refractivity contribution is 5.92. The van der Waals surface area contributed by atoms with Crippen molar-refractivity contribution >= 4 is 5.97 Å². The first kappa shape index (κ1) is 11.7. The minimum absolute atomic E-state index is 0.250. The van der Waals surface area contributed by atoms with Crippen molar-refractivity contribution in [3.8, 4) is 12.1 Å². The first-order valence-corrected chi connectivity index (χ1v) is 4.71. The highest BCUT2D eigenvalue weighted by Gasteiger charge is 2.12. The molecule has 0 aliphatic heterocycles. The fourth-order valence-electron chi connectivity index (χ4n) is 1.32. The van der Waals surface area contributed by atoms with Crippen molar-refractivity contribution in [1.82, 2.24) is 0 Å². The Kier molecular flexibility index (Phi) is 4.06. The molecule has 0 N–H and O–H groups in total. The van der Waals surface area contributed by atoms with Crippen LogP contribution in [0.2, 0.25) is 0 Å². The van der Waals surface area contributed by atoms with Crippen molar-refractivity contribution < 1.29 is 9.53 Å². The summed E-state index contributed by atoms with van der Waals surface area (Å²) in [5.41, 5.74) is 1.38. The average Bonchev–Trinajstić information content (AvgIpc) is 2.35. The lowest BCUT2D eigenvalue weighted by Crippen LogP contribution is -2.05. The van der Waals surface area contributed by atoms with Gasteiger partial charge in [0.05, 0.1) is 24.3 Å². The summed E-state index contributed by atoms with van der Waals surface area (Å²) in [5, 5.41) is 17.3. The van der Waals surface area contributed by atoms with Gasteiger partial charge in [-0.2, -0.15) is 10.5 Å². The van der Waals surface area contributed by atoms with Crippen LogP contribution < -0.4 is 0 Å². The molecule has 0 amide bonds. The predicted octanol–water partition coefficient (Wildman–Crippen LogP) is 1.80. The van der Waals surface area contributed by atoms with Crippen LogP contribution in [-0.4, -0.2) is 13.1 Å². The van der Waals surface area contributed by atoms with Gasteiger partial charge in [-0.05, 0) is 24.1 Å². The fraction of sp³-hybridized carbons (Fsp3) is 0.250. The molecule has 0 aliphatic rings. The molecule has 0 spiro atoms. The second-order valence-corrected chi connectivity index (χ2v) is 3.14. The van der Waals surface area contributed by atoms with Crippen LogP contribution in [-0.2, 0) is 11.2 Å². The van der Waals surface area contributed by atoms with Gasteiger partial charge < -0.3 is 4.74 Å². The van der Waals surface area contributed by atoms with E-state index in [1.54, 1.807) is 18.2 Å². The molecule has 4 heteroatoms. The number of benzene rings is 1. The number of rotatable bonds is 3. The van der Waals surface area contributed by atoms with Gasteiger partial charge in [0.15, 0.2) is 0 Å². The molecule has 0 atom stereocenters. The molecule has 16 heavy (non-hydrogen) atoms. The lowest BCUT2D eigenvalue weighted by Gasteiger charge is -2.04. The second-order valence-electron chi connectivity index (χ2n) is 3.14. The maximum absolute atomic E-state index is 11.4. The molecule has 0 aliphatic carbocycles. The van der Waals surface area contributed by atoms with Crippen molar-refractivity contribution in [3.05, 3.63) is 34.9 Å². The van der Waals surface area contributed by atoms with E-state index in [2.05, 4.69) is 4.74 Å². The lowest BCUT2D eigenvalue weighted by atomic mass is 10.0. The van der Waals surface area contributed by atoms with Gasteiger partial charge in [-0.1, -0.05) is 6.07 Å². The molecule has 0 heterocycles. The topological polar surface area (TPSA) is 73.9 Å². The molecule has 0 saturated carbocycles. The minimum atomic E-state index is -0.532. The molecule has 0 unspecified atom stereocenters. The van der Waals surface area contributed by atoms with Gasteiger partial charge in [-0.3, -0.25) is 0 Å². The van der Waals surface area contributed by atoms with E-state index in [4.69, 9.17) is 10.5 Å². The second kappa shape index (κ2) is 5.53. The smallest absolute Gasteiger partial charge is 0.339 e. The molecule has 0 saturated heterocycles. The quantitative estimate of drug-likeness (QED) is 0.719. The summed E-state index contributed by atoms with van der Waals surface area (Å²) in [6.07, 6.45) is 0.943. The van der Waals surface area contributed by atoms with Crippen LogP contribution in [0.15, 0.2) is 18.2 Å². The highest BCUT2D eigenvalue weighted by Crippen LogP contribution is 2.13. The van der Waals surface area contributed by atoms with Gasteiger partial charge in [0.2, 0.25) is 0 Å². The normalized spacial score (nSPS) is 8.94. The minimum Gasteiger partial charge on any atom is -0.465 e. The van der Waals surface area contributed by atoms with E-state index < -0.39 is 5.97 Å². The molecule has 0 radical (unpaired) electrons. The third-order valence-electron chi connectivity index (χ3n) is 2.14. The number of esters is 1. The molecule has 1 aromatic carbocycles. The van der Waals surface area contributed by atoms with Crippen molar-refractivity contribution in [3.63, 3.8) is 0 Å². The van der Waals surface area contributed by atoms with Gasteiger partial charge in [-0.25, -0.2) is 4.79 Å². The number of nitriles is 2. The van der Waals surface area contributed by atoms with E-state index in [9.17, 15) is 4.79 Å². The summed E-state index contributed by atoms with van der Waals surface area (Å²) >= 11 is 0. The van der Waals surface area contributed by atoms with Gasteiger partial charge in [0, 0.05) is 6.42 Å². The number of aryl methyl sites for hydroxylation is 1. The zero-order chi connectivity index (χ0) is 12.0. The van der Waals surface area contributed by atoms with Crippen LogP contribution in [0.5, 0.6) is 0 Å². The Balaban J connectivity index is 3.08. The lowest BCUT2D eigenvalue weighted by molar-refractivity contribution is 0.0600. The summed E-state index contributed by atoms with van der Waals surface area (Å²) in [7, 11) is 1.27. The largest absolute Gasteiger partial charge is 0.465 e. The van der Waals surface area contributed by atoms with Crippen LogP contribution in [0.1, 0.15) is 27.9 Å². The Morgan fingerprint density at radius 3 is 2.75 bits per heavy atom. The highest BCUT2D eigenvalue weighted by atomic mass is 16.5. The number of hydrogen-bond acceptors (Lipinski definition) is 4. The van der Waals surface area contributed by atoms with Crippen molar-refractivity contribution in [2.75, 3.05) is 7.11 Å². The van der Waals surface area contributed by atoms with Gasteiger partial charge in [0.1, 0.15) is 6.07 Å². The van der Waals surface area contributed by atoms with E-state index in [-0.39, 0.29) is 11.1 Å². The monoisotopic (exact) mass is 214 g/mol. The van der Waals surface area contributed by atoms with Crippen LogP contribution >= 0.6 is 0 Å². The summed E-state index contributed by atoms with van der Waals surface area (Å²) < 4.78 is 4.58. The fourth-order valence-corrected chi connectivity index (χ4v) is 1.32. The molecular formula is C12H10N2O2. The van der Waals surface area contributed by atoms with E-state index in [0.717, 1.165) is 5.56 Å². The Labute approximate surface area is 93.7 Å². The van der Waals surface area contributed by atoms with Crippen LogP contribution in [0.25, 0.3) is 0 Å². The summed E-state index contributed by atoms with van der Waals surface area (Å²) in [6.45, 7) is 0. The number of nitrogens with zero attached hydrogens (tertiary/aromatic N) is 2. The van der Waals surface area contributed by atoms with E-state index in [1.807, 2.05) is 12.1 Å². The first-order chi connectivity index (χ1) is 7.72. The van der Waals surface area contributed by atoms with Gasteiger partial charge in [-0.15, -0.1) is 0 Å². The van der Waals surface area contributed by atoms with Crippen molar-refractivity contribution in [2.45, 2.75) is 12.8 Å². The third-order valence-corrected chi connectivity index (χ3v) is 2.14. The van der Waals surface area contributed by atoms with Gasteiger partial charge >= 0.3 is 5.97 Å². The predicted molar refractivity (Wildman–Crippen MR) is 56.4 cm³/mol. The maximum Gasteiger partial charge on any atom is 0.339 e. The van der Waals surface area contributed by atoms with Gasteiger partial charge in [0.25, 0.3) is 0 Å². The number of ether oxygens (including phenoxy) is 1. The summed E-state index contributed by atoms with van der Waals surface area (Å²) in [4.78, 5) is 11.4. The standard InChI is InChI=1S/C12H10N2O2/c1-16-12(15)11-7-9(3-2-6-13)4-5-10(11)8-14/h4-5,7H,2-3H2,1H3. The molecule has 80 valence electrons. The summed E-state index contributed by atoms with van der Waals surface area (Å²) in [6, 6.07) is 8.86. The third kappa shape index (κ3) is 2.59. The Hall–Kier alpha value is -2.33. The molecular weight excluding hydrogens is 204 g/mol. The zero-order valence-electron chi connectivity index (χ0n) is 8.86. The van der Waals surface area contributed by atoms with Crippen LogP contribution in [0.3, 0.4) is 0 Å². The Morgan fingerprint density at radius 2 is 2.19 bits per heavy atom. The maximum atomic E-state index is 11.4. The number of carbonyl (C=O) groups is 1. The Morgan fingerprint density at radius 1 is 1.44 bits per heavy atom. The Bertz CT molecular complexity index is 481. The molecule has 4 nitrogen and oxygen atoms in total. The van der Waals surface area contributed by atoms with E-state index in [0.29, 0.717) is 12.8 Å². The average molecular weight is 214 g/mol. The molecule has 0 fully saturated rings. The van der Waals surface area contributed by atoms with Crippen molar-refractivity contribution in [1.29, 1.82) is 10.5 Å². The zero-order valence-corrected chi connectivity index (χ0v) is 8.86. The van der Waals surface area contributed by atoms with Crippen molar-refractivity contribution in [2.24, 2.45) is 0 Å². The molecule has 0 aromatic heterocycles. The number of hydrogen-bond donors (Lipinski definition) is 0. The first-order valence-electron chi connectivity index (χ1n) is 4.71. The number of carbonyl (C=O) groups excluding carboxylic acids is 1. The molecule has 0 bridgehead atoms.